The van der Waals surface area contributed by atoms with E-state index in [4.69, 9.17) is 0 Å². The normalized spacial score (nSPS) is 9.85. The quantitative estimate of drug-likeness (QED) is 0.686. The number of rotatable bonds is 2. The van der Waals surface area contributed by atoms with Gasteiger partial charge in [0.25, 0.3) is 0 Å². The summed E-state index contributed by atoms with van der Waals surface area (Å²) in [5.41, 5.74) is 2.18. The van der Waals surface area contributed by atoms with Crippen molar-refractivity contribution in [3.8, 4) is 0 Å². The molecule has 0 aliphatic heterocycles. The van der Waals surface area contributed by atoms with Crippen LogP contribution in [0.25, 0.3) is 0 Å². The van der Waals surface area contributed by atoms with Crippen LogP contribution in [0, 0.1) is 0 Å². The van der Waals surface area contributed by atoms with E-state index < -0.39 is 0 Å². The first kappa shape index (κ1) is 7.86. The second-order valence-electron chi connectivity index (χ2n) is 2.75. The molecule has 2 aromatic heterocycles. The maximum absolute atomic E-state index is 4.00. The van der Waals surface area contributed by atoms with Gasteiger partial charge >= 0.3 is 0 Å². The molecule has 0 radical (unpaired) electrons. The fraction of sp³-hybridized carbons (Fsp3) is 0.100. The molecule has 0 aliphatic rings. The first-order valence-electron chi connectivity index (χ1n) is 4.10. The van der Waals surface area contributed by atoms with E-state index in [1.54, 1.807) is 18.6 Å². The van der Waals surface area contributed by atoms with Gasteiger partial charge < -0.3 is 0 Å². The minimum atomic E-state index is 0.816. The van der Waals surface area contributed by atoms with Crippen molar-refractivity contribution in [2.24, 2.45) is 0 Å². The van der Waals surface area contributed by atoms with Crippen LogP contribution in [-0.2, 0) is 6.42 Å². The van der Waals surface area contributed by atoms with Crippen LogP contribution >= 0.6 is 0 Å². The number of hydrogen-bond acceptors (Lipinski definition) is 3. The average molecular weight is 171 g/mol. The Morgan fingerprint density at radius 1 is 1.00 bits per heavy atom. The Labute approximate surface area is 76.5 Å². The Balaban J connectivity index is 2.16. The van der Waals surface area contributed by atoms with Crippen LogP contribution in [0.3, 0.4) is 0 Å². The van der Waals surface area contributed by atoms with Gasteiger partial charge in [-0.1, -0.05) is 0 Å². The molecule has 64 valence electrons. The van der Waals surface area contributed by atoms with E-state index in [0.29, 0.717) is 0 Å². The van der Waals surface area contributed by atoms with Gasteiger partial charge in [0.1, 0.15) is 0 Å². The van der Waals surface area contributed by atoms with Crippen LogP contribution in [0.4, 0.5) is 0 Å². The molecule has 0 unspecified atom stereocenters. The Morgan fingerprint density at radius 2 is 1.85 bits per heavy atom. The van der Waals surface area contributed by atoms with E-state index in [2.05, 4.69) is 15.2 Å². The maximum Gasteiger partial charge on any atom is 0.0674 e. The third kappa shape index (κ3) is 2.08. The lowest BCUT2D eigenvalue weighted by Crippen LogP contribution is -1.93. The van der Waals surface area contributed by atoms with Gasteiger partial charge in [0.05, 0.1) is 5.69 Å². The third-order valence-corrected chi connectivity index (χ3v) is 1.76. The largest absolute Gasteiger partial charge is 0.265 e. The standard InChI is InChI=1S/C10H9N3/c1-2-10(13-12-5-1)8-9-3-6-11-7-4-9/h1-7H,8H2. The van der Waals surface area contributed by atoms with Crippen LogP contribution in [0.2, 0.25) is 0 Å². The molecule has 3 heteroatoms. The Bertz CT molecular complexity index is 321. The van der Waals surface area contributed by atoms with Crippen molar-refractivity contribution in [3.63, 3.8) is 0 Å². The van der Waals surface area contributed by atoms with Crippen molar-refractivity contribution in [2.75, 3.05) is 0 Å². The summed E-state index contributed by atoms with van der Waals surface area (Å²) in [4.78, 5) is 3.95. The zero-order valence-corrected chi connectivity index (χ0v) is 7.09. The summed E-state index contributed by atoms with van der Waals surface area (Å²) < 4.78 is 0. The predicted octanol–water partition coefficient (Wildman–Crippen LogP) is 1.46. The van der Waals surface area contributed by atoms with Gasteiger partial charge in [0, 0.05) is 25.0 Å². The van der Waals surface area contributed by atoms with Crippen molar-refractivity contribution in [3.05, 3.63) is 54.1 Å². The van der Waals surface area contributed by atoms with Crippen LogP contribution in [0.15, 0.2) is 42.9 Å². The topological polar surface area (TPSA) is 38.7 Å². The summed E-state index contributed by atoms with van der Waals surface area (Å²) >= 11 is 0. The lowest BCUT2D eigenvalue weighted by atomic mass is 10.1. The van der Waals surface area contributed by atoms with Crippen LogP contribution in [0.5, 0.6) is 0 Å². The smallest absolute Gasteiger partial charge is 0.0674 e. The molecule has 0 N–H and O–H groups in total. The number of aromatic nitrogens is 3. The van der Waals surface area contributed by atoms with Gasteiger partial charge in [0.15, 0.2) is 0 Å². The second kappa shape index (κ2) is 3.76. The Kier molecular flexibility index (Phi) is 2.27. The Hall–Kier alpha value is -1.77. The van der Waals surface area contributed by atoms with Crippen molar-refractivity contribution < 1.29 is 0 Å². The summed E-state index contributed by atoms with van der Waals surface area (Å²) in [6.07, 6.45) is 6.06. The minimum absolute atomic E-state index is 0.816. The molecular weight excluding hydrogens is 162 g/mol. The summed E-state index contributed by atoms with van der Waals surface area (Å²) in [7, 11) is 0. The monoisotopic (exact) mass is 171 g/mol. The summed E-state index contributed by atoms with van der Waals surface area (Å²) in [6, 6.07) is 7.82. The molecule has 0 aromatic carbocycles. The molecule has 0 bridgehead atoms. The van der Waals surface area contributed by atoms with Crippen molar-refractivity contribution >= 4 is 0 Å². The summed E-state index contributed by atoms with van der Waals surface area (Å²) in [6.45, 7) is 0. The zero-order chi connectivity index (χ0) is 8.93. The molecule has 0 aliphatic carbocycles. The number of pyridine rings is 1. The molecule has 0 saturated carbocycles. The maximum atomic E-state index is 4.00. The molecule has 13 heavy (non-hydrogen) atoms. The molecular formula is C10H9N3. The fourth-order valence-electron chi connectivity index (χ4n) is 1.14. The van der Waals surface area contributed by atoms with Gasteiger partial charge in [-0.25, -0.2) is 0 Å². The third-order valence-electron chi connectivity index (χ3n) is 1.76. The predicted molar refractivity (Wildman–Crippen MR) is 49.1 cm³/mol. The van der Waals surface area contributed by atoms with Crippen LogP contribution < -0.4 is 0 Å². The molecule has 2 heterocycles. The highest BCUT2D eigenvalue weighted by molar-refractivity contribution is 5.17. The van der Waals surface area contributed by atoms with E-state index in [0.717, 1.165) is 12.1 Å². The van der Waals surface area contributed by atoms with E-state index in [1.165, 1.54) is 5.56 Å². The molecule has 2 aromatic rings. The van der Waals surface area contributed by atoms with E-state index >= 15 is 0 Å². The van der Waals surface area contributed by atoms with Crippen molar-refractivity contribution in [1.29, 1.82) is 0 Å². The van der Waals surface area contributed by atoms with Gasteiger partial charge in [-0.2, -0.15) is 10.2 Å². The average Bonchev–Trinajstić information content (AvgIpc) is 2.21. The molecule has 0 spiro atoms. The molecule has 2 rings (SSSR count). The minimum Gasteiger partial charge on any atom is -0.265 e. The fourth-order valence-corrected chi connectivity index (χ4v) is 1.14. The van der Waals surface area contributed by atoms with Crippen LogP contribution in [-0.4, -0.2) is 15.2 Å². The lowest BCUT2D eigenvalue weighted by molar-refractivity contribution is 0.935. The lowest BCUT2D eigenvalue weighted by Gasteiger charge is -1.97. The molecule has 0 fully saturated rings. The van der Waals surface area contributed by atoms with E-state index in [1.807, 2.05) is 24.3 Å². The Morgan fingerprint density at radius 3 is 2.54 bits per heavy atom. The van der Waals surface area contributed by atoms with Gasteiger partial charge in [-0.05, 0) is 29.8 Å². The SMILES string of the molecule is c1cnnc(Cc2ccncc2)c1. The molecule has 0 saturated heterocycles. The molecule has 0 atom stereocenters. The first-order chi connectivity index (χ1) is 6.45. The number of hydrogen-bond donors (Lipinski definition) is 0. The van der Waals surface area contributed by atoms with Gasteiger partial charge in [-0.3, -0.25) is 4.98 Å². The summed E-state index contributed by atoms with van der Waals surface area (Å²) in [5.74, 6) is 0. The van der Waals surface area contributed by atoms with Crippen molar-refractivity contribution in [2.45, 2.75) is 6.42 Å². The highest BCUT2D eigenvalue weighted by atomic mass is 15.1. The first-order valence-corrected chi connectivity index (χ1v) is 4.10. The van der Waals surface area contributed by atoms with Gasteiger partial charge in [-0.15, -0.1) is 0 Å². The molecule has 3 nitrogen and oxygen atoms in total. The van der Waals surface area contributed by atoms with E-state index in [-0.39, 0.29) is 0 Å². The number of nitrogens with zero attached hydrogens (tertiary/aromatic N) is 3. The second-order valence-corrected chi connectivity index (χ2v) is 2.75. The summed E-state index contributed by atoms with van der Waals surface area (Å²) in [5, 5.41) is 7.82. The highest BCUT2D eigenvalue weighted by Gasteiger charge is 1.95. The highest BCUT2D eigenvalue weighted by Crippen LogP contribution is 2.03. The van der Waals surface area contributed by atoms with Crippen molar-refractivity contribution in [1.82, 2.24) is 15.2 Å². The van der Waals surface area contributed by atoms with Gasteiger partial charge in [0.2, 0.25) is 0 Å². The van der Waals surface area contributed by atoms with Crippen LogP contribution in [0.1, 0.15) is 11.3 Å². The molecule has 0 amide bonds. The zero-order valence-electron chi connectivity index (χ0n) is 7.09. The van der Waals surface area contributed by atoms with E-state index in [9.17, 15) is 0 Å².